The number of hydrogen-bond acceptors (Lipinski definition) is 4. The number of benzene rings is 2. The van der Waals surface area contributed by atoms with Gasteiger partial charge in [-0.1, -0.05) is 25.1 Å². The molecular formula is C23H28N2O4. The van der Waals surface area contributed by atoms with E-state index in [4.69, 9.17) is 9.47 Å². The molecule has 1 fully saturated rings. The summed E-state index contributed by atoms with van der Waals surface area (Å²) in [5, 5.41) is 2.99. The van der Waals surface area contributed by atoms with Crippen molar-refractivity contribution in [1.82, 2.24) is 10.2 Å². The summed E-state index contributed by atoms with van der Waals surface area (Å²) in [6, 6.07) is 14.7. The molecule has 1 N–H and O–H groups in total. The van der Waals surface area contributed by atoms with Gasteiger partial charge in [0.1, 0.15) is 11.5 Å². The van der Waals surface area contributed by atoms with Crippen molar-refractivity contribution in [3.8, 4) is 11.5 Å². The van der Waals surface area contributed by atoms with Crippen LogP contribution in [0.2, 0.25) is 0 Å². The molecule has 154 valence electrons. The zero-order valence-electron chi connectivity index (χ0n) is 17.2. The highest BCUT2D eigenvalue weighted by atomic mass is 16.5. The lowest BCUT2D eigenvalue weighted by Crippen LogP contribution is -2.36. The fourth-order valence-corrected chi connectivity index (χ4v) is 3.82. The third-order valence-corrected chi connectivity index (χ3v) is 5.35. The Bertz CT molecular complexity index is 853. The van der Waals surface area contributed by atoms with Gasteiger partial charge in [0.05, 0.1) is 20.1 Å². The molecule has 0 bridgehead atoms. The lowest BCUT2D eigenvalue weighted by molar-refractivity contribution is -0.124. The minimum Gasteiger partial charge on any atom is -0.497 e. The lowest BCUT2D eigenvalue weighted by Gasteiger charge is -2.21. The number of carbonyl (C=O) groups is 2. The third-order valence-electron chi connectivity index (χ3n) is 5.35. The minimum absolute atomic E-state index is 0.0370. The Morgan fingerprint density at radius 2 is 1.83 bits per heavy atom. The summed E-state index contributed by atoms with van der Waals surface area (Å²) in [7, 11) is 3.22. The van der Waals surface area contributed by atoms with E-state index in [2.05, 4.69) is 5.32 Å². The summed E-state index contributed by atoms with van der Waals surface area (Å²) in [6.45, 7) is 3.45. The highest BCUT2D eigenvalue weighted by Crippen LogP contribution is 2.40. The lowest BCUT2D eigenvalue weighted by atomic mass is 9.87. The van der Waals surface area contributed by atoms with Crippen molar-refractivity contribution in [2.24, 2.45) is 5.92 Å². The summed E-state index contributed by atoms with van der Waals surface area (Å²) in [5.41, 5.74) is 1.50. The second-order valence-corrected chi connectivity index (χ2v) is 7.19. The van der Waals surface area contributed by atoms with Crippen LogP contribution in [0.3, 0.4) is 0 Å². The number of ether oxygens (including phenoxy) is 2. The smallest absolute Gasteiger partial charge is 0.253 e. The molecule has 2 atom stereocenters. The maximum Gasteiger partial charge on any atom is 0.253 e. The van der Waals surface area contributed by atoms with Gasteiger partial charge in [-0.3, -0.25) is 9.59 Å². The van der Waals surface area contributed by atoms with Crippen LogP contribution in [-0.4, -0.2) is 50.6 Å². The first-order chi connectivity index (χ1) is 14.1. The molecule has 6 nitrogen and oxygen atoms in total. The molecule has 0 radical (unpaired) electrons. The van der Waals surface area contributed by atoms with Crippen molar-refractivity contribution in [1.29, 1.82) is 0 Å². The van der Waals surface area contributed by atoms with E-state index in [-0.39, 0.29) is 23.7 Å². The molecule has 2 amide bonds. The van der Waals surface area contributed by atoms with Crippen molar-refractivity contribution >= 4 is 11.8 Å². The van der Waals surface area contributed by atoms with Crippen molar-refractivity contribution < 1.29 is 19.1 Å². The van der Waals surface area contributed by atoms with E-state index in [0.29, 0.717) is 36.7 Å². The SMILES string of the molecule is CCCNC(=O)C1CN(C(=O)c2ccccc2)CC1c1cc(OC)ccc1OC. The quantitative estimate of drug-likeness (QED) is 0.781. The molecule has 1 heterocycles. The van der Waals surface area contributed by atoms with E-state index in [1.807, 2.05) is 43.3 Å². The first kappa shape index (κ1) is 20.7. The summed E-state index contributed by atoms with van der Waals surface area (Å²) in [5.74, 6) is 0.757. The van der Waals surface area contributed by atoms with Gasteiger partial charge in [0.2, 0.25) is 5.91 Å². The molecule has 0 spiro atoms. The maximum absolute atomic E-state index is 13.0. The van der Waals surface area contributed by atoms with Crippen LogP contribution >= 0.6 is 0 Å². The number of nitrogens with zero attached hydrogens (tertiary/aromatic N) is 1. The Kier molecular flexibility index (Phi) is 6.75. The number of methoxy groups -OCH3 is 2. The standard InChI is InChI=1S/C23H28N2O4/c1-4-12-24-22(26)20-15-25(23(27)16-8-6-5-7-9-16)14-19(20)18-13-17(28-2)10-11-21(18)29-3/h5-11,13,19-20H,4,12,14-15H2,1-3H3,(H,24,26). The fourth-order valence-electron chi connectivity index (χ4n) is 3.82. The van der Waals surface area contributed by atoms with Gasteiger partial charge in [-0.25, -0.2) is 0 Å². The number of likely N-dealkylation sites (tertiary alicyclic amines) is 1. The topological polar surface area (TPSA) is 67.9 Å². The largest absolute Gasteiger partial charge is 0.497 e. The van der Waals surface area contributed by atoms with E-state index in [0.717, 1.165) is 12.0 Å². The summed E-state index contributed by atoms with van der Waals surface area (Å²) >= 11 is 0. The van der Waals surface area contributed by atoms with Crippen molar-refractivity contribution in [2.45, 2.75) is 19.3 Å². The summed E-state index contributed by atoms with van der Waals surface area (Å²) < 4.78 is 10.9. The highest BCUT2D eigenvalue weighted by Gasteiger charge is 2.41. The maximum atomic E-state index is 13.0. The van der Waals surface area contributed by atoms with Crippen LogP contribution in [0.25, 0.3) is 0 Å². The molecule has 3 rings (SSSR count). The van der Waals surface area contributed by atoms with Crippen molar-refractivity contribution in [3.63, 3.8) is 0 Å². The highest BCUT2D eigenvalue weighted by molar-refractivity contribution is 5.95. The monoisotopic (exact) mass is 396 g/mol. The van der Waals surface area contributed by atoms with E-state index in [1.54, 1.807) is 31.3 Å². The molecule has 0 saturated carbocycles. The molecule has 1 aliphatic heterocycles. The van der Waals surface area contributed by atoms with E-state index < -0.39 is 0 Å². The summed E-state index contributed by atoms with van der Waals surface area (Å²) in [6.07, 6.45) is 0.859. The first-order valence-electron chi connectivity index (χ1n) is 9.93. The van der Waals surface area contributed by atoms with Crippen LogP contribution in [0.5, 0.6) is 11.5 Å². The van der Waals surface area contributed by atoms with Gasteiger partial charge in [0, 0.05) is 36.7 Å². The molecule has 1 aliphatic rings. The normalized spacial score (nSPS) is 18.4. The van der Waals surface area contributed by atoms with Crippen LogP contribution in [0.15, 0.2) is 48.5 Å². The predicted molar refractivity (Wildman–Crippen MR) is 111 cm³/mol. The molecule has 0 aromatic heterocycles. The second-order valence-electron chi connectivity index (χ2n) is 7.19. The second kappa shape index (κ2) is 9.45. The number of hydrogen-bond donors (Lipinski definition) is 1. The van der Waals surface area contributed by atoms with Crippen molar-refractivity contribution in [2.75, 3.05) is 33.9 Å². The minimum atomic E-state index is -0.352. The average molecular weight is 396 g/mol. The van der Waals surface area contributed by atoms with Gasteiger partial charge in [-0.05, 0) is 36.8 Å². The molecule has 29 heavy (non-hydrogen) atoms. The van der Waals surface area contributed by atoms with Crippen LogP contribution < -0.4 is 14.8 Å². The Morgan fingerprint density at radius 3 is 2.48 bits per heavy atom. The number of carbonyl (C=O) groups excluding carboxylic acids is 2. The predicted octanol–water partition coefficient (Wildman–Crippen LogP) is 3.09. The van der Waals surface area contributed by atoms with E-state index >= 15 is 0 Å². The first-order valence-corrected chi connectivity index (χ1v) is 9.93. The Balaban J connectivity index is 1.94. The van der Waals surface area contributed by atoms with Crippen LogP contribution in [0.4, 0.5) is 0 Å². The summed E-state index contributed by atoms with van der Waals surface area (Å²) in [4.78, 5) is 27.7. The van der Waals surface area contributed by atoms with Gasteiger partial charge >= 0.3 is 0 Å². The van der Waals surface area contributed by atoms with Gasteiger partial charge in [0.15, 0.2) is 0 Å². The zero-order chi connectivity index (χ0) is 20.8. The van der Waals surface area contributed by atoms with E-state index in [9.17, 15) is 9.59 Å². The molecule has 6 heteroatoms. The zero-order valence-corrected chi connectivity index (χ0v) is 17.2. The van der Waals surface area contributed by atoms with Gasteiger partial charge in [0.25, 0.3) is 5.91 Å². The fraction of sp³-hybridized carbons (Fsp3) is 0.391. The number of amides is 2. The van der Waals surface area contributed by atoms with Crippen molar-refractivity contribution in [3.05, 3.63) is 59.7 Å². The molecular weight excluding hydrogens is 368 g/mol. The van der Waals surface area contributed by atoms with Gasteiger partial charge in [-0.15, -0.1) is 0 Å². The van der Waals surface area contributed by atoms with Crippen LogP contribution in [0, 0.1) is 5.92 Å². The molecule has 2 unspecified atom stereocenters. The Morgan fingerprint density at radius 1 is 1.07 bits per heavy atom. The molecule has 2 aromatic rings. The Labute approximate surface area is 171 Å². The van der Waals surface area contributed by atoms with E-state index in [1.165, 1.54) is 0 Å². The number of nitrogens with one attached hydrogen (secondary N) is 1. The van der Waals surface area contributed by atoms with Gasteiger partial charge < -0.3 is 19.7 Å². The van der Waals surface area contributed by atoms with Gasteiger partial charge in [-0.2, -0.15) is 0 Å². The molecule has 1 saturated heterocycles. The number of rotatable bonds is 7. The average Bonchev–Trinajstić information content (AvgIpc) is 3.22. The molecule has 0 aliphatic carbocycles. The van der Waals surface area contributed by atoms with Crippen LogP contribution in [-0.2, 0) is 4.79 Å². The Hall–Kier alpha value is -3.02. The molecule has 2 aromatic carbocycles. The van der Waals surface area contributed by atoms with Crippen LogP contribution in [0.1, 0.15) is 35.2 Å². The third kappa shape index (κ3) is 4.53.